The Balaban J connectivity index is 1.82. The van der Waals surface area contributed by atoms with Crippen molar-refractivity contribution in [3.05, 3.63) is 34.3 Å². The summed E-state index contributed by atoms with van der Waals surface area (Å²) in [4.78, 5) is 11.7. The van der Waals surface area contributed by atoms with E-state index in [-0.39, 0.29) is 0 Å². The summed E-state index contributed by atoms with van der Waals surface area (Å²) in [5.41, 5.74) is 1.26. The molecule has 1 nitrogen and oxygen atoms in total. The molecule has 1 aliphatic carbocycles. The summed E-state index contributed by atoms with van der Waals surface area (Å²) in [7, 11) is 0. The highest BCUT2D eigenvalue weighted by Gasteiger charge is 2.24. The third-order valence-corrected chi connectivity index (χ3v) is 3.66. The Hall–Kier alpha value is -0.630. The van der Waals surface area contributed by atoms with Crippen LogP contribution in [0.25, 0.3) is 0 Å². The van der Waals surface area contributed by atoms with Crippen LogP contribution in [-0.4, -0.2) is 5.78 Å². The number of Topliss-reactive ketones (excluding diaryl/α,β-unsaturated/α-hetero) is 1. The fourth-order valence-electron chi connectivity index (χ4n) is 1.85. The lowest BCUT2D eigenvalue weighted by Gasteiger charge is -2.23. The van der Waals surface area contributed by atoms with Crippen molar-refractivity contribution in [2.24, 2.45) is 5.92 Å². The van der Waals surface area contributed by atoms with Crippen molar-refractivity contribution in [3.8, 4) is 0 Å². The van der Waals surface area contributed by atoms with Gasteiger partial charge in [0.05, 0.1) is 0 Å². The van der Waals surface area contributed by atoms with Gasteiger partial charge in [0, 0.05) is 16.8 Å². The second kappa shape index (κ2) is 4.93. The lowest BCUT2D eigenvalue weighted by molar-refractivity contribution is -0.125. The van der Waals surface area contributed by atoms with Crippen molar-refractivity contribution < 1.29 is 4.79 Å². The first-order valence-corrected chi connectivity index (χ1v) is 6.32. The molecule has 2 rings (SSSR count). The number of carbonyl (C=O) groups is 1. The SMILES string of the molecule is O=C(CCc1ccc(Br)cc1)C1CCC1. The zero-order valence-corrected chi connectivity index (χ0v) is 10.3. The molecule has 0 aromatic heterocycles. The molecule has 0 N–H and O–H groups in total. The molecular formula is C13H15BrO. The minimum Gasteiger partial charge on any atom is -0.299 e. The molecule has 0 amide bonds. The molecular weight excluding hydrogens is 252 g/mol. The molecule has 0 saturated heterocycles. The molecule has 1 saturated carbocycles. The smallest absolute Gasteiger partial charge is 0.136 e. The molecule has 2 heteroatoms. The van der Waals surface area contributed by atoms with Gasteiger partial charge in [-0.25, -0.2) is 0 Å². The lowest BCUT2D eigenvalue weighted by Crippen LogP contribution is -2.22. The van der Waals surface area contributed by atoms with Crippen LogP contribution in [0.15, 0.2) is 28.7 Å². The second-order valence-electron chi connectivity index (χ2n) is 4.22. The predicted octanol–water partition coefficient (Wildman–Crippen LogP) is 3.75. The predicted molar refractivity (Wildman–Crippen MR) is 64.8 cm³/mol. The van der Waals surface area contributed by atoms with Gasteiger partial charge in [-0.1, -0.05) is 34.5 Å². The Kier molecular flexibility index (Phi) is 3.57. The summed E-state index contributed by atoms with van der Waals surface area (Å²) in [6.07, 6.45) is 5.10. The molecule has 1 aromatic rings. The van der Waals surface area contributed by atoms with Crippen LogP contribution in [0.5, 0.6) is 0 Å². The Labute approximate surface area is 99.0 Å². The number of aryl methyl sites for hydroxylation is 1. The number of hydrogen-bond acceptors (Lipinski definition) is 1. The van der Waals surface area contributed by atoms with Crippen LogP contribution in [0.1, 0.15) is 31.2 Å². The third kappa shape index (κ3) is 2.91. The molecule has 0 aliphatic heterocycles. The Morgan fingerprint density at radius 2 is 1.93 bits per heavy atom. The maximum Gasteiger partial charge on any atom is 0.136 e. The molecule has 0 spiro atoms. The summed E-state index contributed by atoms with van der Waals surface area (Å²) >= 11 is 3.40. The Bertz CT molecular complexity index is 338. The molecule has 15 heavy (non-hydrogen) atoms. The van der Waals surface area contributed by atoms with E-state index >= 15 is 0 Å². The monoisotopic (exact) mass is 266 g/mol. The van der Waals surface area contributed by atoms with Crippen molar-refractivity contribution in [2.45, 2.75) is 32.1 Å². The van der Waals surface area contributed by atoms with Gasteiger partial charge in [-0.3, -0.25) is 4.79 Å². The highest BCUT2D eigenvalue weighted by Crippen LogP contribution is 2.28. The largest absolute Gasteiger partial charge is 0.299 e. The maximum atomic E-state index is 11.7. The van der Waals surface area contributed by atoms with Gasteiger partial charge in [-0.05, 0) is 37.0 Å². The van der Waals surface area contributed by atoms with Gasteiger partial charge in [0.2, 0.25) is 0 Å². The van der Waals surface area contributed by atoms with Crippen LogP contribution in [0.4, 0.5) is 0 Å². The molecule has 1 fully saturated rings. The average Bonchev–Trinajstić information content (AvgIpc) is 2.14. The number of ketones is 1. The highest BCUT2D eigenvalue weighted by molar-refractivity contribution is 9.10. The average molecular weight is 267 g/mol. The first-order valence-electron chi connectivity index (χ1n) is 5.53. The van der Waals surface area contributed by atoms with Crippen LogP contribution in [-0.2, 0) is 11.2 Å². The fraction of sp³-hybridized carbons (Fsp3) is 0.462. The normalized spacial score (nSPS) is 16.1. The van der Waals surface area contributed by atoms with E-state index in [1.54, 1.807) is 0 Å². The van der Waals surface area contributed by atoms with Crippen molar-refractivity contribution >= 4 is 21.7 Å². The molecule has 1 aliphatic rings. The topological polar surface area (TPSA) is 17.1 Å². The first kappa shape index (κ1) is 10.9. The van der Waals surface area contributed by atoms with E-state index in [4.69, 9.17) is 0 Å². The van der Waals surface area contributed by atoms with E-state index in [0.717, 1.165) is 23.7 Å². The van der Waals surface area contributed by atoms with Crippen LogP contribution >= 0.6 is 15.9 Å². The molecule has 1 aromatic carbocycles. The maximum absolute atomic E-state index is 11.7. The van der Waals surface area contributed by atoms with Crippen molar-refractivity contribution in [3.63, 3.8) is 0 Å². The van der Waals surface area contributed by atoms with E-state index in [1.807, 2.05) is 12.1 Å². The zero-order valence-electron chi connectivity index (χ0n) is 8.71. The van der Waals surface area contributed by atoms with E-state index < -0.39 is 0 Å². The summed E-state index contributed by atoms with van der Waals surface area (Å²) in [6, 6.07) is 8.22. The van der Waals surface area contributed by atoms with Gasteiger partial charge in [-0.15, -0.1) is 0 Å². The van der Waals surface area contributed by atoms with Crippen LogP contribution in [0.3, 0.4) is 0 Å². The van der Waals surface area contributed by atoms with Gasteiger partial charge >= 0.3 is 0 Å². The number of benzene rings is 1. The number of hydrogen-bond donors (Lipinski definition) is 0. The summed E-state index contributed by atoms with van der Waals surface area (Å²) in [6.45, 7) is 0. The van der Waals surface area contributed by atoms with Crippen LogP contribution in [0.2, 0.25) is 0 Å². The van der Waals surface area contributed by atoms with E-state index in [1.165, 1.54) is 12.0 Å². The Morgan fingerprint density at radius 1 is 1.27 bits per heavy atom. The summed E-state index contributed by atoms with van der Waals surface area (Å²) < 4.78 is 1.09. The molecule has 0 atom stereocenters. The molecule has 0 heterocycles. The molecule has 0 bridgehead atoms. The number of halogens is 1. The van der Waals surface area contributed by atoms with Gasteiger partial charge < -0.3 is 0 Å². The molecule has 0 unspecified atom stereocenters. The number of carbonyl (C=O) groups excluding carboxylic acids is 1. The minimum atomic E-state index is 0.389. The van der Waals surface area contributed by atoms with Crippen molar-refractivity contribution in [2.75, 3.05) is 0 Å². The fourth-order valence-corrected chi connectivity index (χ4v) is 2.12. The standard InChI is InChI=1S/C13H15BrO/c14-12-7-4-10(5-8-12)6-9-13(15)11-2-1-3-11/h4-5,7-8,11H,1-3,6,9H2. The van der Waals surface area contributed by atoms with Crippen LogP contribution < -0.4 is 0 Å². The quantitative estimate of drug-likeness (QED) is 0.812. The number of rotatable bonds is 4. The second-order valence-corrected chi connectivity index (χ2v) is 5.14. The zero-order chi connectivity index (χ0) is 10.7. The van der Waals surface area contributed by atoms with E-state index in [0.29, 0.717) is 18.1 Å². The van der Waals surface area contributed by atoms with E-state index in [9.17, 15) is 4.79 Å². The highest BCUT2D eigenvalue weighted by atomic mass is 79.9. The van der Waals surface area contributed by atoms with Gasteiger partial charge in [-0.2, -0.15) is 0 Å². The Morgan fingerprint density at radius 3 is 2.47 bits per heavy atom. The van der Waals surface area contributed by atoms with Crippen molar-refractivity contribution in [1.29, 1.82) is 0 Å². The first-order chi connectivity index (χ1) is 7.25. The van der Waals surface area contributed by atoms with Gasteiger partial charge in [0.25, 0.3) is 0 Å². The molecule has 0 radical (unpaired) electrons. The van der Waals surface area contributed by atoms with E-state index in [2.05, 4.69) is 28.1 Å². The summed E-state index contributed by atoms with van der Waals surface area (Å²) in [5.74, 6) is 0.851. The van der Waals surface area contributed by atoms with Gasteiger partial charge in [0.15, 0.2) is 0 Å². The third-order valence-electron chi connectivity index (χ3n) is 3.13. The van der Waals surface area contributed by atoms with Gasteiger partial charge in [0.1, 0.15) is 5.78 Å². The van der Waals surface area contributed by atoms with Crippen molar-refractivity contribution in [1.82, 2.24) is 0 Å². The summed E-state index contributed by atoms with van der Waals surface area (Å²) in [5, 5.41) is 0. The van der Waals surface area contributed by atoms with Crippen LogP contribution in [0, 0.1) is 5.92 Å². The molecule has 80 valence electrons. The lowest BCUT2D eigenvalue weighted by atomic mass is 9.80. The minimum absolute atomic E-state index is 0.389.